The van der Waals surface area contributed by atoms with E-state index in [1.54, 1.807) is 14.1 Å². The zero-order valence-electron chi connectivity index (χ0n) is 5.66. The van der Waals surface area contributed by atoms with Gasteiger partial charge in [0.1, 0.15) is 7.69 Å². The van der Waals surface area contributed by atoms with Gasteiger partial charge in [-0.25, -0.2) is 0 Å². The van der Waals surface area contributed by atoms with Crippen LogP contribution < -0.4 is 10.0 Å². The third-order valence-corrected chi connectivity index (χ3v) is 0.632. The Hall–Kier alpha value is 0.736. The number of hydrogen-bond acceptors (Lipinski definition) is 4. The molecule has 0 aliphatic carbocycles. The van der Waals surface area contributed by atoms with Gasteiger partial charge in [-0.15, -0.1) is 0 Å². The Morgan fingerprint density at radius 2 is 2.00 bits per heavy atom. The van der Waals surface area contributed by atoms with Crippen molar-refractivity contribution in [2.24, 2.45) is 0 Å². The van der Waals surface area contributed by atoms with E-state index < -0.39 is 14.9 Å². The summed E-state index contributed by atoms with van der Waals surface area (Å²) in [6, 6.07) is 0. The summed E-state index contributed by atoms with van der Waals surface area (Å²) in [5.74, 6) is 0. The van der Waals surface area contributed by atoms with Crippen LogP contribution in [0.3, 0.4) is 0 Å². The second kappa shape index (κ2) is 6.85. The fourth-order valence-corrected chi connectivity index (χ4v) is 0.207. The fraction of sp³-hybridized carbons (Fsp3) is 1.00. The van der Waals surface area contributed by atoms with Crippen LogP contribution in [0.15, 0.2) is 0 Å². The van der Waals surface area contributed by atoms with Gasteiger partial charge in [-0.2, -0.15) is 0 Å². The zero-order valence-corrected chi connectivity index (χ0v) is 7.08. The van der Waals surface area contributed by atoms with Crippen LogP contribution in [0, 0.1) is 0 Å². The average Bonchev–Trinajstić information content (AvgIpc) is 1.67. The van der Waals surface area contributed by atoms with Crippen molar-refractivity contribution >= 4 is 38.0 Å². The van der Waals surface area contributed by atoms with Crippen molar-refractivity contribution in [3.63, 3.8) is 0 Å². The maximum atomic E-state index is 10.3. The second-order valence-corrected chi connectivity index (χ2v) is 1.56. The molecule has 0 rings (SSSR count). The Morgan fingerprint density at radius 3 is 2.11 bits per heavy atom. The molecule has 0 spiro atoms. The third-order valence-electron chi connectivity index (χ3n) is 0.632. The summed E-state index contributed by atoms with van der Waals surface area (Å²) in [6.45, 7) is 0. The SMILES string of the molecule is CN(C)B([O-])OB[O-].[Mg+2]. The first-order valence-corrected chi connectivity index (χ1v) is 2.20. The molecule has 0 atom stereocenters. The molecule has 0 saturated heterocycles. The first-order chi connectivity index (χ1) is 3.68. The van der Waals surface area contributed by atoms with Gasteiger partial charge < -0.3 is 19.4 Å². The average molecular weight is 139 g/mol. The summed E-state index contributed by atoms with van der Waals surface area (Å²) in [7, 11) is 1.01. The van der Waals surface area contributed by atoms with E-state index in [-0.39, 0.29) is 23.1 Å². The number of hydrogen-bond donors (Lipinski definition) is 0. The maximum absolute atomic E-state index is 10.3. The molecule has 9 heavy (non-hydrogen) atoms. The summed E-state index contributed by atoms with van der Waals surface area (Å²) < 4.78 is 4.12. The van der Waals surface area contributed by atoms with Crippen LogP contribution in [-0.4, -0.2) is 56.9 Å². The van der Waals surface area contributed by atoms with E-state index in [1.165, 1.54) is 4.81 Å². The number of nitrogens with zero attached hydrogens (tertiary/aromatic N) is 1. The second-order valence-electron chi connectivity index (χ2n) is 1.56. The quantitative estimate of drug-likeness (QED) is 0.375. The Balaban J connectivity index is 0. The molecule has 0 aromatic carbocycles. The van der Waals surface area contributed by atoms with Crippen molar-refractivity contribution in [3.8, 4) is 0 Å². The molecular formula is C2H7B2MgNO3. The number of rotatable bonds is 3. The Bertz CT molecular complexity index is 65.8. The molecule has 0 aromatic rings. The monoisotopic (exact) mass is 139 g/mol. The minimum Gasteiger partial charge on any atom is -0.861 e. The zero-order chi connectivity index (χ0) is 6.57. The van der Waals surface area contributed by atoms with E-state index >= 15 is 0 Å². The van der Waals surface area contributed by atoms with Crippen molar-refractivity contribution in [3.05, 3.63) is 0 Å². The van der Waals surface area contributed by atoms with Crippen LogP contribution in [0.1, 0.15) is 0 Å². The molecule has 0 radical (unpaired) electrons. The largest absolute Gasteiger partial charge is 2.00 e. The predicted octanol–water partition coefficient (Wildman–Crippen LogP) is -3.84. The standard InChI is InChI=1S/C2H7B2NO3.Mg/c1-5(2)4(7)8-3-6;/h3H,1-2H3;/q-2;+2. The Morgan fingerprint density at radius 1 is 1.56 bits per heavy atom. The van der Waals surface area contributed by atoms with Crippen LogP contribution in [0.2, 0.25) is 0 Å². The van der Waals surface area contributed by atoms with Gasteiger partial charge >= 0.3 is 23.1 Å². The molecule has 0 fully saturated rings. The van der Waals surface area contributed by atoms with E-state index in [1.807, 2.05) is 0 Å². The first kappa shape index (κ1) is 12.4. The molecule has 7 heteroatoms. The van der Waals surface area contributed by atoms with Gasteiger partial charge in [-0.3, -0.25) is 0 Å². The summed E-state index contributed by atoms with van der Waals surface area (Å²) in [6.07, 6.45) is 0. The van der Waals surface area contributed by atoms with E-state index in [2.05, 4.69) is 4.57 Å². The van der Waals surface area contributed by atoms with Gasteiger partial charge in [0.25, 0.3) is 0 Å². The van der Waals surface area contributed by atoms with Crippen LogP contribution in [0.25, 0.3) is 0 Å². The predicted molar refractivity (Wildman–Crippen MR) is 33.4 cm³/mol. The van der Waals surface area contributed by atoms with Gasteiger partial charge in [0, 0.05) is 0 Å². The fourth-order valence-electron chi connectivity index (χ4n) is 0.207. The molecule has 0 amide bonds. The van der Waals surface area contributed by atoms with Gasteiger partial charge in [0.2, 0.25) is 7.25 Å². The van der Waals surface area contributed by atoms with Crippen LogP contribution >= 0.6 is 0 Å². The molecule has 0 unspecified atom stereocenters. The molecular weight excluding hydrogens is 132 g/mol. The first-order valence-electron chi connectivity index (χ1n) is 2.20. The topological polar surface area (TPSA) is 58.6 Å². The summed E-state index contributed by atoms with van der Waals surface area (Å²) >= 11 is 0. The van der Waals surface area contributed by atoms with Crippen LogP contribution in [0.4, 0.5) is 0 Å². The van der Waals surface area contributed by atoms with Gasteiger partial charge in [0.05, 0.1) is 0 Å². The van der Waals surface area contributed by atoms with Gasteiger partial charge in [-0.05, 0) is 14.1 Å². The smallest absolute Gasteiger partial charge is 0.861 e. The summed E-state index contributed by atoms with van der Waals surface area (Å²) in [5.41, 5.74) is 0. The minimum absolute atomic E-state index is 0. The van der Waals surface area contributed by atoms with Crippen LogP contribution in [0.5, 0.6) is 0 Å². The molecule has 0 bridgehead atoms. The summed E-state index contributed by atoms with van der Waals surface area (Å²) in [4.78, 5) is 1.28. The van der Waals surface area contributed by atoms with Gasteiger partial charge in [0.15, 0.2) is 0 Å². The normalized spacial score (nSPS) is 8.56. The molecule has 0 aliphatic rings. The van der Waals surface area contributed by atoms with Crippen molar-refractivity contribution in [1.82, 2.24) is 4.81 Å². The molecule has 0 aliphatic heterocycles. The minimum atomic E-state index is -1.31. The van der Waals surface area contributed by atoms with Crippen molar-refractivity contribution < 1.29 is 14.6 Å². The van der Waals surface area contributed by atoms with Crippen molar-refractivity contribution in [2.75, 3.05) is 14.1 Å². The van der Waals surface area contributed by atoms with Gasteiger partial charge in [-0.1, -0.05) is 0 Å². The summed E-state index contributed by atoms with van der Waals surface area (Å²) in [5, 5.41) is 19.9. The molecule has 0 heterocycles. The van der Waals surface area contributed by atoms with Crippen molar-refractivity contribution in [1.29, 1.82) is 0 Å². The van der Waals surface area contributed by atoms with E-state index in [9.17, 15) is 10.0 Å². The third kappa shape index (κ3) is 6.62. The van der Waals surface area contributed by atoms with E-state index in [0.717, 1.165) is 0 Å². The van der Waals surface area contributed by atoms with E-state index in [0.29, 0.717) is 0 Å². The molecule has 0 saturated carbocycles. The molecule has 4 nitrogen and oxygen atoms in total. The van der Waals surface area contributed by atoms with Crippen molar-refractivity contribution in [2.45, 2.75) is 0 Å². The molecule has 0 aromatic heterocycles. The maximum Gasteiger partial charge on any atom is 2.00 e. The van der Waals surface area contributed by atoms with E-state index in [4.69, 9.17) is 0 Å². The Labute approximate surface area is 71.8 Å². The molecule has 0 N–H and O–H groups in total. The molecule has 46 valence electrons. The Kier molecular flexibility index (Phi) is 9.45. The van der Waals surface area contributed by atoms with Crippen LogP contribution in [-0.2, 0) is 4.57 Å².